The number of hydrogen-bond donors (Lipinski definition) is 1. The van der Waals surface area contributed by atoms with Crippen molar-refractivity contribution in [1.82, 2.24) is 0 Å². The first-order valence-corrected chi connectivity index (χ1v) is 6.41. The van der Waals surface area contributed by atoms with Gasteiger partial charge in [-0.1, -0.05) is 6.07 Å². The van der Waals surface area contributed by atoms with E-state index < -0.39 is 7.12 Å². The van der Waals surface area contributed by atoms with E-state index in [1.165, 1.54) is 0 Å². The number of carbonyl (C=O) groups excluding carboxylic acids is 1. The van der Waals surface area contributed by atoms with Crippen molar-refractivity contribution in [1.29, 1.82) is 0 Å². The Kier molecular flexibility index (Phi) is 4.82. The van der Waals surface area contributed by atoms with E-state index in [4.69, 9.17) is 14.1 Å². The molecule has 19 heavy (non-hydrogen) atoms. The van der Waals surface area contributed by atoms with E-state index in [1.54, 1.807) is 13.0 Å². The highest BCUT2D eigenvalue weighted by Gasteiger charge is 2.27. The Morgan fingerprint density at radius 1 is 1.53 bits per heavy atom. The van der Waals surface area contributed by atoms with Crippen LogP contribution in [0.25, 0.3) is 0 Å². The molecular weight excluding hydrogens is 247 g/mol. The fourth-order valence-corrected chi connectivity index (χ4v) is 1.92. The molecule has 0 saturated carbocycles. The summed E-state index contributed by atoms with van der Waals surface area (Å²) in [6, 6.07) is 5.49. The smallest absolute Gasteiger partial charge is 0.491 e. The SMILES string of the molecule is CCOC(=O)CCCOc1ccc2c(c1)B(O)OC2. The monoisotopic (exact) mass is 264 g/mol. The number of ether oxygens (including phenoxy) is 2. The normalized spacial score (nSPS) is 13.3. The molecule has 1 aliphatic heterocycles. The van der Waals surface area contributed by atoms with Gasteiger partial charge in [0.1, 0.15) is 5.75 Å². The van der Waals surface area contributed by atoms with Crippen LogP contribution in [0, 0.1) is 0 Å². The van der Waals surface area contributed by atoms with Crippen molar-refractivity contribution < 1.29 is 23.9 Å². The highest BCUT2D eigenvalue weighted by Crippen LogP contribution is 2.16. The average Bonchev–Trinajstić information content (AvgIpc) is 2.77. The summed E-state index contributed by atoms with van der Waals surface area (Å²) in [5.41, 5.74) is 1.73. The maximum Gasteiger partial charge on any atom is 0.491 e. The van der Waals surface area contributed by atoms with Crippen molar-refractivity contribution in [3.63, 3.8) is 0 Å². The minimum Gasteiger partial charge on any atom is -0.494 e. The quantitative estimate of drug-likeness (QED) is 0.463. The fraction of sp³-hybridized carbons (Fsp3) is 0.462. The van der Waals surface area contributed by atoms with Crippen molar-refractivity contribution in [2.75, 3.05) is 13.2 Å². The average molecular weight is 264 g/mol. The number of rotatable bonds is 6. The first-order chi connectivity index (χ1) is 9.20. The summed E-state index contributed by atoms with van der Waals surface area (Å²) < 4.78 is 15.5. The molecule has 0 fully saturated rings. The number of fused-ring (bicyclic) bond motifs is 1. The predicted molar refractivity (Wildman–Crippen MR) is 70.2 cm³/mol. The summed E-state index contributed by atoms with van der Waals surface area (Å²) in [6.07, 6.45) is 0.958. The van der Waals surface area contributed by atoms with Crippen LogP contribution in [-0.4, -0.2) is 31.3 Å². The van der Waals surface area contributed by atoms with Gasteiger partial charge in [-0.05, 0) is 36.5 Å². The van der Waals surface area contributed by atoms with Gasteiger partial charge < -0.3 is 19.2 Å². The molecule has 5 nitrogen and oxygen atoms in total. The lowest BCUT2D eigenvalue weighted by Gasteiger charge is -2.07. The van der Waals surface area contributed by atoms with Crippen molar-refractivity contribution in [2.45, 2.75) is 26.4 Å². The van der Waals surface area contributed by atoms with E-state index in [-0.39, 0.29) is 5.97 Å². The Morgan fingerprint density at radius 3 is 3.16 bits per heavy atom. The van der Waals surface area contributed by atoms with Crippen LogP contribution in [0.5, 0.6) is 5.75 Å². The van der Waals surface area contributed by atoms with Crippen LogP contribution in [0.4, 0.5) is 0 Å². The Balaban J connectivity index is 1.78. The summed E-state index contributed by atoms with van der Waals surface area (Å²) in [5.74, 6) is 0.469. The van der Waals surface area contributed by atoms with Gasteiger partial charge in [-0.15, -0.1) is 0 Å². The lowest BCUT2D eigenvalue weighted by molar-refractivity contribution is -0.143. The van der Waals surface area contributed by atoms with Crippen LogP contribution >= 0.6 is 0 Å². The predicted octanol–water partition coefficient (Wildman–Crippen LogP) is 0.626. The third kappa shape index (κ3) is 3.72. The molecule has 102 valence electrons. The number of hydrogen-bond acceptors (Lipinski definition) is 5. The largest absolute Gasteiger partial charge is 0.494 e. The van der Waals surface area contributed by atoms with Crippen molar-refractivity contribution in [3.8, 4) is 5.75 Å². The molecule has 1 aromatic rings. The van der Waals surface area contributed by atoms with E-state index in [9.17, 15) is 9.82 Å². The Hall–Kier alpha value is -1.53. The lowest BCUT2D eigenvalue weighted by atomic mass is 9.79. The van der Waals surface area contributed by atoms with Crippen LogP contribution in [-0.2, 0) is 20.8 Å². The van der Waals surface area contributed by atoms with E-state index in [2.05, 4.69) is 0 Å². The molecule has 0 saturated heterocycles. The number of carbonyl (C=O) groups is 1. The second-order valence-electron chi connectivity index (χ2n) is 4.28. The highest BCUT2D eigenvalue weighted by atomic mass is 16.5. The summed E-state index contributed by atoms with van der Waals surface area (Å²) in [7, 11) is -0.863. The van der Waals surface area contributed by atoms with E-state index >= 15 is 0 Å². The van der Waals surface area contributed by atoms with Gasteiger partial charge in [-0.3, -0.25) is 4.79 Å². The second-order valence-corrected chi connectivity index (χ2v) is 4.28. The molecule has 0 aromatic heterocycles. The van der Waals surface area contributed by atoms with Gasteiger partial charge in [0.05, 0.1) is 19.8 Å². The maximum absolute atomic E-state index is 11.1. The maximum atomic E-state index is 11.1. The molecule has 2 rings (SSSR count). The molecule has 0 amide bonds. The first kappa shape index (κ1) is 13.9. The Bertz CT molecular complexity index is 449. The number of esters is 1. The second kappa shape index (κ2) is 6.59. The minimum atomic E-state index is -0.863. The van der Waals surface area contributed by atoms with Gasteiger partial charge in [0.25, 0.3) is 0 Å². The van der Waals surface area contributed by atoms with E-state index in [0.717, 1.165) is 11.0 Å². The molecule has 1 heterocycles. The summed E-state index contributed by atoms with van der Waals surface area (Å²) in [6.45, 7) is 3.06. The van der Waals surface area contributed by atoms with Gasteiger partial charge in [-0.25, -0.2) is 0 Å². The molecule has 0 radical (unpaired) electrons. The van der Waals surface area contributed by atoms with Gasteiger partial charge >= 0.3 is 13.1 Å². The molecule has 0 bridgehead atoms. The number of benzene rings is 1. The zero-order chi connectivity index (χ0) is 13.7. The van der Waals surface area contributed by atoms with Gasteiger partial charge in [0.2, 0.25) is 0 Å². The molecule has 0 unspecified atom stereocenters. The third-order valence-corrected chi connectivity index (χ3v) is 2.88. The molecular formula is C13H17BO5. The van der Waals surface area contributed by atoms with Gasteiger partial charge in [0, 0.05) is 6.42 Å². The van der Waals surface area contributed by atoms with Crippen LogP contribution in [0.2, 0.25) is 0 Å². The van der Waals surface area contributed by atoms with Crippen LogP contribution < -0.4 is 10.2 Å². The summed E-state index contributed by atoms with van der Waals surface area (Å²) in [5, 5.41) is 9.57. The van der Waals surface area contributed by atoms with Crippen molar-refractivity contribution >= 4 is 18.6 Å². The van der Waals surface area contributed by atoms with E-state index in [0.29, 0.717) is 38.4 Å². The standard InChI is InChI=1S/C13H17BO5/c1-2-17-13(15)4-3-7-18-11-6-5-10-9-19-14(16)12(10)8-11/h5-6,8,16H,2-4,7,9H2,1H3. The zero-order valence-electron chi connectivity index (χ0n) is 10.9. The van der Waals surface area contributed by atoms with Crippen molar-refractivity contribution in [3.05, 3.63) is 23.8 Å². The van der Waals surface area contributed by atoms with Crippen LogP contribution in [0.15, 0.2) is 18.2 Å². The van der Waals surface area contributed by atoms with Crippen LogP contribution in [0.3, 0.4) is 0 Å². The lowest BCUT2D eigenvalue weighted by Crippen LogP contribution is -2.28. The Labute approximate surface area is 112 Å². The molecule has 6 heteroatoms. The zero-order valence-corrected chi connectivity index (χ0v) is 10.9. The first-order valence-electron chi connectivity index (χ1n) is 6.41. The van der Waals surface area contributed by atoms with Crippen molar-refractivity contribution in [2.24, 2.45) is 0 Å². The molecule has 0 aliphatic carbocycles. The van der Waals surface area contributed by atoms with Crippen LogP contribution in [0.1, 0.15) is 25.3 Å². The topological polar surface area (TPSA) is 65.0 Å². The summed E-state index contributed by atoms with van der Waals surface area (Å²) >= 11 is 0. The molecule has 1 N–H and O–H groups in total. The fourth-order valence-electron chi connectivity index (χ4n) is 1.92. The van der Waals surface area contributed by atoms with E-state index in [1.807, 2.05) is 12.1 Å². The molecule has 0 atom stereocenters. The Morgan fingerprint density at radius 2 is 2.37 bits per heavy atom. The van der Waals surface area contributed by atoms with Gasteiger partial charge in [-0.2, -0.15) is 0 Å². The highest BCUT2D eigenvalue weighted by molar-refractivity contribution is 6.61. The molecule has 0 spiro atoms. The van der Waals surface area contributed by atoms with Gasteiger partial charge in [0.15, 0.2) is 0 Å². The minimum absolute atomic E-state index is 0.205. The molecule has 1 aromatic carbocycles. The molecule has 1 aliphatic rings. The summed E-state index contributed by atoms with van der Waals surface area (Å²) in [4.78, 5) is 11.1. The third-order valence-electron chi connectivity index (χ3n) is 2.88.